The Labute approximate surface area is 97.9 Å². The molecule has 1 aliphatic rings. The van der Waals surface area contributed by atoms with Gasteiger partial charge in [-0.2, -0.15) is 9.37 Å². The summed E-state index contributed by atoms with van der Waals surface area (Å²) in [5.41, 5.74) is 0. The van der Waals surface area contributed by atoms with Crippen LogP contribution >= 0.6 is 0 Å². The summed E-state index contributed by atoms with van der Waals surface area (Å²) in [6.45, 7) is 2.81. The Kier molecular flexibility index (Phi) is 3.51. The zero-order valence-corrected chi connectivity index (χ0v) is 9.59. The number of rotatable bonds is 1. The molecule has 94 valence electrons. The van der Waals surface area contributed by atoms with E-state index in [-0.39, 0.29) is 5.82 Å². The Hall–Kier alpha value is -1.30. The van der Waals surface area contributed by atoms with E-state index in [0.717, 1.165) is 19.5 Å². The van der Waals surface area contributed by atoms with Crippen molar-refractivity contribution in [3.05, 3.63) is 23.6 Å². The molecular formula is C11H14F3N3. The molecule has 0 spiro atoms. The predicted octanol–water partition coefficient (Wildman–Crippen LogP) is 1.64. The van der Waals surface area contributed by atoms with Gasteiger partial charge >= 0.3 is 0 Å². The van der Waals surface area contributed by atoms with Crippen molar-refractivity contribution in [2.75, 3.05) is 38.1 Å². The number of anilines is 1. The van der Waals surface area contributed by atoms with Crippen LogP contribution in [0.1, 0.15) is 6.42 Å². The molecule has 1 aromatic heterocycles. The number of likely N-dealkylation sites (N-methyl/N-ethyl adjacent to an activating group) is 1. The van der Waals surface area contributed by atoms with Gasteiger partial charge in [0.15, 0.2) is 17.5 Å². The quantitative estimate of drug-likeness (QED) is 0.701. The van der Waals surface area contributed by atoms with Gasteiger partial charge in [0.25, 0.3) is 5.95 Å². The maximum Gasteiger partial charge on any atom is 0.251 e. The lowest BCUT2D eigenvalue weighted by molar-refractivity contribution is 0.359. The average Bonchev–Trinajstić information content (AvgIpc) is 2.49. The first kappa shape index (κ1) is 12.2. The highest BCUT2D eigenvalue weighted by Gasteiger charge is 2.19. The normalized spacial score (nSPS) is 18.2. The predicted molar refractivity (Wildman–Crippen MR) is 58.4 cm³/mol. The van der Waals surface area contributed by atoms with Crippen LogP contribution in [0.15, 0.2) is 6.07 Å². The minimum absolute atomic E-state index is 0.0980. The van der Waals surface area contributed by atoms with Crippen LogP contribution in [0.5, 0.6) is 0 Å². The number of hydrogen-bond donors (Lipinski definition) is 0. The fourth-order valence-corrected chi connectivity index (χ4v) is 1.92. The van der Waals surface area contributed by atoms with Gasteiger partial charge in [0.05, 0.1) is 0 Å². The number of nitrogens with zero attached hydrogens (tertiary/aromatic N) is 3. The lowest BCUT2D eigenvalue weighted by atomic mass is 10.3. The van der Waals surface area contributed by atoms with Gasteiger partial charge in [-0.05, 0) is 20.0 Å². The maximum absolute atomic E-state index is 13.5. The SMILES string of the molecule is CN1CCCN(c2nc(F)c(F)cc2F)CC1. The van der Waals surface area contributed by atoms with Gasteiger partial charge in [-0.3, -0.25) is 0 Å². The first-order valence-electron chi connectivity index (χ1n) is 5.53. The van der Waals surface area contributed by atoms with Crippen molar-refractivity contribution in [1.29, 1.82) is 0 Å². The molecule has 0 radical (unpaired) electrons. The van der Waals surface area contributed by atoms with Crippen molar-refractivity contribution >= 4 is 5.82 Å². The molecule has 1 fully saturated rings. The molecule has 2 rings (SSSR count). The van der Waals surface area contributed by atoms with Crippen molar-refractivity contribution in [1.82, 2.24) is 9.88 Å². The Balaban J connectivity index is 2.24. The van der Waals surface area contributed by atoms with E-state index in [2.05, 4.69) is 9.88 Å². The topological polar surface area (TPSA) is 19.4 Å². The maximum atomic E-state index is 13.5. The molecule has 0 atom stereocenters. The first-order valence-corrected chi connectivity index (χ1v) is 5.53. The van der Waals surface area contributed by atoms with Crippen molar-refractivity contribution < 1.29 is 13.2 Å². The van der Waals surface area contributed by atoms with Crippen LogP contribution in [-0.2, 0) is 0 Å². The van der Waals surface area contributed by atoms with Crippen LogP contribution in [0.2, 0.25) is 0 Å². The number of hydrogen-bond acceptors (Lipinski definition) is 3. The minimum atomic E-state index is -1.25. The second-order valence-electron chi connectivity index (χ2n) is 4.21. The van der Waals surface area contributed by atoms with Gasteiger partial charge < -0.3 is 9.80 Å². The van der Waals surface area contributed by atoms with E-state index in [1.54, 1.807) is 4.90 Å². The van der Waals surface area contributed by atoms with Gasteiger partial charge in [-0.25, -0.2) is 8.78 Å². The van der Waals surface area contributed by atoms with E-state index >= 15 is 0 Å². The number of aromatic nitrogens is 1. The summed E-state index contributed by atoms with van der Waals surface area (Å²) < 4.78 is 39.3. The molecule has 3 nitrogen and oxygen atoms in total. The van der Waals surface area contributed by atoms with Crippen LogP contribution in [0, 0.1) is 17.6 Å². The van der Waals surface area contributed by atoms with Gasteiger partial charge in [-0.1, -0.05) is 0 Å². The largest absolute Gasteiger partial charge is 0.353 e. The van der Waals surface area contributed by atoms with E-state index in [4.69, 9.17) is 0 Å². The summed E-state index contributed by atoms with van der Waals surface area (Å²) in [5.74, 6) is -3.41. The van der Waals surface area contributed by atoms with E-state index < -0.39 is 17.6 Å². The molecule has 6 heteroatoms. The van der Waals surface area contributed by atoms with E-state index in [0.29, 0.717) is 19.2 Å². The van der Waals surface area contributed by atoms with Crippen molar-refractivity contribution in [3.63, 3.8) is 0 Å². The molecule has 1 aromatic rings. The Morgan fingerprint density at radius 2 is 1.82 bits per heavy atom. The summed E-state index contributed by atoms with van der Waals surface area (Å²) in [7, 11) is 1.97. The van der Waals surface area contributed by atoms with Crippen LogP contribution in [0.4, 0.5) is 19.0 Å². The molecule has 0 N–H and O–H groups in total. The second kappa shape index (κ2) is 4.91. The standard InChI is InChI=1S/C11H14F3N3/c1-16-3-2-4-17(6-5-16)11-9(13)7-8(12)10(14)15-11/h7H,2-6H2,1H3. The zero-order valence-electron chi connectivity index (χ0n) is 9.59. The smallest absolute Gasteiger partial charge is 0.251 e. The van der Waals surface area contributed by atoms with Crippen LogP contribution in [0.25, 0.3) is 0 Å². The molecule has 0 aromatic carbocycles. The highest BCUT2D eigenvalue weighted by Crippen LogP contribution is 2.20. The molecule has 0 saturated carbocycles. The molecule has 1 aliphatic heterocycles. The van der Waals surface area contributed by atoms with Crippen LogP contribution in [0.3, 0.4) is 0 Å². The highest BCUT2D eigenvalue weighted by atomic mass is 19.2. The fourth-order valence-electron chi connectivity index (χ4n) is 1.92. The van der Waals surface area contributed by atoms with E-state index in [9.17, 15) is 13.2 Å². The Morgan fingerprint density at radius 1 is 1.06 bits per heavy atom. The Morgan fingerprint density at radius 3 is 2.59 bits per heavy atom. The minimum Gasteiger partial charge on any atom is -0.353 e. The van der Waals surface area contributed by atoms with Crippen LogP contribution in [-0.4, -0.2) is 43.1 Å². The first-order chi connectivity index (χ1) is 8.08. The van der Waals surface area contributed by atoms with Gasteiger partial charge in [0, 0.05) is 25.7 Å². The molecule has 0 bridgehead atoms. The Bertz CT molecular complexity index is 411. The summed E-state index contributed by atoms with van der Waals surface area (Å²) in [6.07, 6.45) is 0.844. The van der Waals surface area contributed by atoms with Gasteiger partial charge in [0.1, 0.15) is 0 Å². The van der Waals surface area contributed by atoms with E-state index in [1.165, 1.54) is 0 Å². The molecule has 0 amide bonds. The second-order valence-corrected chi connectivity index (χ2v) is 4.21. The average molecular weight is 245 g/mol. The van der Waals surface area contributed by atoms with Crippen molar-refractivity contribution in [3.8, 4) is 0 Å². The van der Waals surface area contributed by atoms with Gasteiger partial charge in [0.2, 0.25) is 0 Å². The summed E-state index contributed by atoms with van der Waals surface area (Å²) in [4.78, 5) is 7.12. The summed E-state index contributed by atoms with van der Waals surface area (Å²) in [6, 6.07) is 0.548. The van der Waals surface area contributed by atoms with Crippen molar-refractivity contribution in [2.24, 2.45) is 0 Å². The fraction of sp³-hybridized carbons (Fsp3) is 0.545. The highest BCUT2D eigenvalue weighted by molar-refractivity contribution is 5.40. The molecule has 0 unspecified atom stereocenters. The lowest BCUT2D eigenvalue weighted by Crippen LogP contribution is -2.30. The molecular weight excluding hydrogens is 231 g/mol. The van der Waals surface area contributed by atoms with E-state index in [1.807, 2.05) is 7.05 Å². The molecule has 0 aliphatic carbocycles. The molecule has 17 heavy (non-hydrogen) atoms. The zero-order chi connectivity index (χ0) is 12.4. The summed E-state index contributed by atoms with van der Waals surface area (Å²) in [5, 5.41) is 0. The van der Waals surface area contributed by atoms with Crippen molar-refractivity contribution in [2.45, 2.75) is 6.42 Å². The third kappa shape index (κ3) is 2.69. The number of halogens is 3. The number of pyridine rings is 1. The summed E-state index contributed by atoms with van der Waals surface area (Å²) >= 11 is 0. The molecule has 1 saturated heterocycles. The van der Waals surface area contributed by atoms with Crippen LogP contribution < -0.4 is 4.90 Å². The van der Waals surface area contributed by atoms with Gasteiger partial charge in [-0.15, -0.1) is 0 Å². The lowest BCUT2D eigenvalue weighted by Gasteiger charge is -2.21. The third-order valence-electron chi connectivity index (χ3n) is 2.89. The molecule has 2 heterocycles. The third-order valence-corrected chi connectivity index (χ3v) is 2.89. The monoisotopic (exact) mass is 245 g/mol.